The summed E-state index contributed by atoms with van der Waals surface area (Å²) >= 11 is 0. The summed E-state index contributed by atoms with van der Waals surface area (Å²) in [6.45, 7) is 6.02. The molecule has 0 amide bonds. The van der Waals surface area contributed by atoms with Gasteiger partial charge in [0.15, 0.2) is 0 Å². The van der Waals surface area contributed by atoms with E-state index in [1.807, 2.05) is 0 Å². The molecule has 0 aromatic heterocycles. The Morgan fingerprint density at radius 1 is 0.783 bits per heavy atom. The van der Waals surface area contributed by atoms with Crippen LogP contribution in [-0.4, -0.2) is 22.2 Å². The minimum atomic E-state index is -1.11. The highest BCUT2D eigenvalue weighted by molar-refractivity contribution is 5.96. The van der Waals surface area contributed by atoms with Crippen LogP contribution in [0.5, 0.6) is 0 Å². The quantitative estimate of drug-likeness (QED) is 0.585. The topological polar surface area (TPSA) is 74.6 Å². The van der Waals surface area contributed by atoms with Crippen molar-refractivity contribution >= 4 is 11.9 Å². The molecule has 0 unspecified atom stereocenters. The molecule has 0 saturated carbocycles. The van der Waals surface area contributed by atoms with Gasteiger partial charge < -0.3 is 10.2 Å². The summed E-state index contributed by atoms with van der Waals surface area (Å²) < 4.78 is 0. The fourth-order valence-electron chi connectivity index (χ4n) is 2.31. The lowest BCUT2D eigenvalue weighted by Crippen LogP contribution is -2.06. The van der Waals surface area contributed by atoms with E-state index < -0.39 is 11.9 Å². The summed E-state index contributed by atoms with van der Waals surface area (Å²) in [4.78, 5) is 21.2. The molecular weight excluding hydrogens is 292 g/mol. The molecule has 4 nitrogen and oxygen atoms in total. The van der Waals surface area contributed by atoms with Crippen molar-refractivity contribution in [2.75, 3.05) is 0 Å². The van der Waals surface area contributed by atoms with Gasteiger partial charge >= 0.3 is 11.9 Å². The minimum absolute atomic E-state index is 0.0277. The fraction of sp³-hybridized carbons (Fsp3) is 0.579. The zero-order valence-corrected chi connectivity index (χ0v) is 14.6. The SMILES string of the molecule is CCCCCCCCCC.Cc1c(C(=O)O)cccc1C(=O)O. The highest BCUT2D eigenvalue weighted by Gasteiger charge is 2.13. The van der Waals surface area contributed by atoms with Gasteiger partial charge in [-0.25, -0.2) is 9.59 Å². The Morgan fingerprint density at radius 3 is 1.43 bits per heavy atom. The van der Waals surface area contributed by atoms with Crippen LogP contribution in [0.15, 0.2) is 18.2 Å². The molecule has 0 saturated heterocycles. The smallest absolute Gasteiger partial charge is 0.335 e. The second-order valence-electron chi connectivity index (χ2n) is 5.71. The monoisotopic (exact) mass is 322 g/mol. The summed E-state index contributed by atoms with van der Waals surface area (Å²) in [5.74, 6) is -2.22. The Morgan fingerprint density at radius 2 is 1.13 bits per heavy atom. The maximum atomic E-state index is 10.6. The van der Waals surface area contributed by atoms with Gasteiger partial charge in [0, 0.05) is 0 Å². The highest BCUT2D eigenvalue weighted by atomic mass is 16.4. The van der Waals surface area contributed by atoms with Crippen LogP contribution in [0.1, 0.15) is 91.5 Å². The van der Waals surface area contributed by atoms with Gasteiger partial charge in [-0.05, 0) is 24.6 Å². The number of rotatable bonds is 9. The Kier molecular flexibility index (Phi) is 11.7. The molecule has 130 valence electrons. The minimum Gasteiger partial charge on any atom is -0.478 e. The highest BCUT2D eigenvalue weighted by Crippen LogP contribution is 2.13. The third-order valence-corrected chi connectivity index (χ3v) is 3.75. The molecule has 4 heteroatoms. The van der Waals surface area contributed by atoms with Gasteiger partial charge in [-0.15, -0.1) is 0 Å². The van der Waals surface area contributed by atoms with Crippen LogP contribution in [0.2, 0.25) is 0 Å². The zero-order chi connectivity index (χ0) is 17.7. The van der Waals surface area contributed by atoms with Crippen LogP contribution in [-0.2, 0) is 0 Å². The van der Waals surface area contributed by atoms with E-state index >= 15 is 0 Å². The fourth-order valence-corrected chi connectivity index (χ4v) is 2.31. The van der Waals surface area contributed by atoms with Crippen LogP contribution in [0.4, 0.5) is 0 Å². The second kappa shape index (κ2) is 12.7. The lowest BCUT2D eigenvalue weighted by molar-refractivity contribution is 0.0696. The molecule has 0 aliphatic carbocycles. The summed E-state index contributed by atoms with van der Waals surface area (Å²) in [5.41, 5.74) is 0.335. The molecule has 23 heavy (non-hydrogen) atoms. The van der Waals surface area contributed by atoms with E-state index in [-0.39, 0.29) is 16.7 Å². The van der Waals surface area contributed by atoms with E-state index in [1.165, 1.54) is 76.5 Å². The first-order chi connectivity index (χ1) is 11.0. The molecule has 0 aliphatic heterocycles. The maximum Gasteiger partial charge on any atom is 0.335 e. The predicted octanol–water partition coefficient (Wildman–Crippen LogP) is 5.54. The largest absolute Gasteiger partial charge is 0.478 e. The molecule has 0 radical (unpaired) electrons. The van der Waals surface area contributed by atoms with Gasteiger partial charge in [-0.3, -0.25) is 0 Å². The number of carbonyl (C=O) groups is 2. The summed E-state index contributed by atoms with van der Waals surface area (Å²) in [7, 11) is 0. The van der Waals surface area contributed by atoms with Crippen LogP contribution in [0, 0.1) is 6.92 Å². The molecule has 2 N–H and O–H groups in total. The summed E-state index contributed by atoms with van der Waals surface area (Å²) in [6, 6.07) is 4.17. The van der Waals surface area contributed by atoms with Gasteiger partial charge in [0.1, 0.15) is 0 Å². The molecule has 0 heterocycles. The number of carboxylic acid groups (broad SMARTS) is 2. The van der Waals surface area contributed by atoms with Crippen LogP contribution >= 0.6 is 0 Å². The number of hydrogen-bond acceptors (Lipinski definition) is 2. The molecule has 0 atom stereocenters. The first-order valence-corrected chi connectivity index (χ1v) is 8.51. The lowest BCUT2D eigenvalue weighted by Gasteiger charge is -2.03. The van der Waals surface area contributed by atoms with Crippen LogP contribution in [0.3, 0.4) is 0 Å². The van der Waals surface area contributed by atoms with Crippen molar-refractivity contribution in [1.29, 1.82) is 0 Å². The van der Waals surface area contributed by atoms with Gasteiger partial charge in [0.05, 0.1) is 11.1 Å². The molecule has 0 spiro atoms. The van der Waals surface area contributed by atoms with Crippen molar-refractivity contribution in [3.63, 3.8) is 0 Å². The molecule has 1 aromatic carbocycles. The number of unbranched alkanes of at least 4 members (excludes halogenated alkanes) is 7. The average Bonchev–Trinajstić information content (AvgIpc) is 2.51. The Bertz CT molecular complexity index is 440. The normalized spacial score (nSPS) is 9.87. The van der Waals surface area contributed by atoms with Crippen LogP contribution in [0.25, 0.3) is 0 Å². The van der Waals surface area contributed by atoms with E-state index in [9.17, 15) is 9.59 Å². The van der Waals surface area contributed by atoms with E-state index in [2.05, 4.69) is 13.8 Å². The van der Waals surface area contributed by atoms with Gasteiger partial charge in [0.2, 0.25) is 0 Å². The Hall–Kier alpha value is -1.84. The number of hydrogen-bond donors (Lipinski definition) is 2. The summed E-state index contributed by atoms with van der Waals surface area (Å²) in [6.07, 6.45) is 11.5. The number of aromatic carboxylic acids is 2. The molecule has 0 aliphatic rings. The third kappa shape index (κ3) is 9.01. The van der Waals surface area contributed by atoms with Gasteiger partial charge in [0.25, 0.3) is 0 Å². The molecule has 0 bridgehead atoms. The molecule has 0 fully saturated rings. The van der Waals surface area contributed by atoms with Crippen molar-refractivity contribution in [2.45, 2.75) is 72.1 Å². The van der Waals surface area contributed by atoms with E-state index in [1.54, 1.807) is 0 Å². The Labute approximate surface area is 139 Å². The molecular formula is C19H30O4. The number of benzene rings is 1. The average molecular weight is 322 g/mol. The lowest BCUT2D eigenvalue weighted by atomic mass is 10.0. The zero-order valence-electron chi connectivity index (χ0n) is 14.6. The van der Waals surface area contributed by atoms with Crippen molar-refractivity contribution < 1.29 is 19.8 Å². The first kappa shape index (κ1) is 21.2. The van der Waals surface area contributed by atoms with Crippen molar-refractivity contribution in [2.24, 2.45) is 0 Å². The third-order valence-electron chi connectivity index (χ3n) is 3.75. The van der Waals surface area contributed by atoms with Crippen molar-refractivity contribution in [1.82, 2.24) is 0 Å². The Balaban J connectivity index is 0.000000438. The van der Waals surface area contributed by atoms with Crippen LogP contribution < -0.4 is 0 Å². The second-order valence-corrected chi connectivity index (χ2v) is 5.71. The van der Waals surface area contributed by atoms with E-state index in [4.69, 9.17) is 10.2 Å². The number of carboxylic acids is 2. The maximum absolute atomic E-state index is 10.6. The van der Waals surface area contributed by atoms with Crippen molar-refractivity contribution in [3.8, 4) is 0 Å². The molecule has 1 rings (SSSR count). The predicted molar refractivity (Wildman–Crippen MR) is 93.4 cm³/mol. The first-order valence-electron chi connectivity index (χ1n) is 8.51. The van der Waals surface area contributed by atoms with E-state index in [0.29, 0.717) is 0 Å². The molecule has 1 aromatic rings. The standard InChI is InChI=1S/C10H22.C9H8O4/c1-3-5-7-9-10-8-6-4-2;1-5-6(8(10)11)3-2-4-7(5)9(12)13/h3-10H2,1-2H3;2-4H,1H3,(H,10,11)(H,12,13). The van der Waals surface area contributed by atoms with Gasteiger partial charge in [-0.1, -0.05) is 71.3 Å². The van der Waals surface area contributed by atoms with Gasteiger partial charge in [-0.2, -0.15) is 0 Å². The van der Waals surface area contributed by atoms with Crippen molar-refractivity contribution in [3.05, 3.63) is 34.9 Å². The summed E-state index contributed by atoms with van der Waals surface area (Å²) in [5, 5.41) is 17.4. The van der Waals surface area contributed by atoms with E-state index in [0.717, 1.165) is 0 Å².